The number of allylic oxidation sites excluding steroid dienone is 3. The summed E-state index contributed by atoms with van der Waals surface area (Å²) >= 11 is 1.43. The molecule has 180 valence electrons. The van der Waals surface area contributed by atoms with Crippen LogP contribution < -0.4 is 14.2 Å². The molecule has 5 heteroatoms. The first kappa shape index (κ1) is 23.6. The molecule has 4 aromatic rings. The normalized spacial score (nSPS) is 14.9. The molecule has 1 atom stereocenters. The molecule has 1 aromatic heterocycles. The second kappa shape index (κ2) is 10.3. The van der Waals surface area contributed by atoms with E-state index in [1.807, 2.05) is 66.1 Å². The van der Waals surface area contributed by atoms with Gasteiger partial charge in [-0.2, -0.15) is 0 Å². The zero-order valence-corrected chi connectivity index (χ0v) is 21.2. The molecule has 0 fully saturated rings. The minimum absolute atomic E-state index is 0.0356. The highest BCUT2D eigenvalue weighted by molar-refractivity contribution is 7.12. The summed E-state index contributed by atoms with van der Waals surface area (Å²) in [5.41, 5.74) is 5.12. The predicted octanol–water partition coefficient (Wildman–Crippen LogP) is 7.45. The molecule has 0 N–H and O–H groups in total. The minimum Gasteiger partial charge on any atom is -0.493 e. The summed E-state index contributed by atoms with van der Waals surface area (Å²) in [7, 11) is 3.23. The van der Waals surface area contributed by atoms with Crippen molar-refractivity contribution < 1.29 is 19.0 Å². The molecule has 0 aliphatic carbocycles. The Morgan fingerprint density at radius 2 is 1.64 bits per heavy atom. The van der Waals surface area contributed by atoms with Gasteiger partial charge in [-0.25, -0.2) is 0 Å². The third-order valence-corrected chi connectivity index (χ3v) is 7.22. The first-order valence-electron chi connectivity index (χ1n) is 11.7. The molecule has 5 rings (SSSR count). The third kappa shape index (κ3) is 4.45. The van der Waals surface area contributed by atoms with Gasteiger partial charge in [0.1, 0.15) is 11.5 Å². The van der Waals surface area contributed by atoms with E-state index >= 15 is 0 Å². The van der Waals surface area contributed by atoms with Crippen LogP contribution in [-0.4, -0.2) is 20.0 Å². The van der Waals surface area contributed by atoms with E-state index in [1.54, 1.807) is 20.3 Å². The van der Waals surface area contributed by atoms with Gasteiger partial charge in [-0.3, -0.25) is 4.79 Å². The Morgan fingerprint density at radius 3 is 2.36 bits per heavy atom. The zero-order chi connectivity index (χ0) is 25.1. The van der Waals surface area contributed by atoms with Crippen LogP contribution in [0.1, 0.15) is 37.8 Å². The monoisotopic (exact) mass is 494 g/mol. The van der Waals surface area contributed by atoms with E-state index in [4.69, 9.17) is 14.2 Å². The van der Waals surface area contributed by atoms with Gasteiger partial charge in [0.2, 0.25) is 0 Å². The number of benzene rings is 3. The van der Waals surface area contributed by atoms with Crippen LogP contribution >= 0.6 is 11.3 Å². The Kier molecular flexibility index (Phi) is 6.74. The summed E-state index contributed by atoms with van der Waals surface area (Å²) in [6, 6.07) is 25.9. The molecule has 0 saturated heterocycles. The van der Waals surface area contributed by atoms with Crippen molar-refractivity contribution in [2.24, 2.45) is 0 Å². The second-order valence-corrected chi connectivity index (χ2v) is 9.41. The summed E-state index contributed by atoms with van der Waals surface area (Å²) in [5.74, 6) is 2.56. The van der Waals surface area contributed by atoms with Crippen LogP contribution in [0, 0.1) is 6.92 Å². The highest BCUT2D eigenvalue weighted by Gasteiger charge is 2.31. The maximum Gasteiger partial charge on any atom is 0.195 e. The topological polar surface area (TPSA) is 44.8 Å². The lowest BCUT2D eigenvalue weighted by Gasteiger charge is -2.31. The number of ketones is 1. The summed E-state index contributed by atoms with van der Waals surface area (Å²) in [6.45, 7) is 2.11. The Hall–Kier alpha value is -4.09. The van der Waals surface area contributed by atoms with Crippen molar-refractivity contribution in [1.82, 2.24) is 0 Å². The molecule has 3 aromatic carbocycles. The van der Waals surface area contributed by atoms with E-state index in [1.165, 1.54) is 16.9 Å². The SMILES string of the molecule is COc1ccc(C2=C(/C=C/C(=O)c3cccs3)[C@H](c3ccccc3C)c3ccccc3O2)cc1OC. The molecule has 1 aliphatic heterocycles. The van der Waals surface area contributed by atoms with Crippen molar-refractivity contribution >= 4 is 22.9 Å². The third-order valence-electron chi connectivity index (χ3n) is 6.34. The van der Waals surface area contributed by atoms with Crippen LogP contribution in [0.3, 0.4) is 0 Å². The van der Waals surface area contributed by atoms with Gasteiger partial charge in [0.15, 0.2) is 17.3 Å². The lowest BCUT2D eigenvalue weighted by atomic mass is 9.79. The van der Waals surface area contributed by atoms with Gasteiger partial charge in [0, 0.05) is 22.6 Å². The number of thiophene rings is 1. The molecule has 0 bridgehead atoms. The van der Waals surface area contributed by atoms with E-state index in [0.29, 0.717) is 22.1 Å². The highest BCUT2D eigenvalue weighted by Crippen LogP contribution is 2.47. The van der Waals surface area contributed by atoms with Crippen LogP contribution in [0.25, 0.3) is 5.76 Å². The number of aryl methyl sites for hydroxylation is 1. The fourth-order valence-electron chi connectivity index (χ4n) is 4.57. The summed E-state index contributed by atoms with van der Waals surface area (Å²) in [6.07, 6.45) is 3.55. The quantitative estimate of drug-likeness (QED) is 0.198. The lowest BCUT2D eigenvalue weighted by Crippen LogP contribution is -2.16. The summed E-state index contributed by atoms with van der Waals surface area (Å²) in [5, 5.41) is 1.91. The standard InChI is InChI=1S/C31H26O4S/c1-20-9-4-5-10-22(20)30-23-11-6-7-12-26(23)35-31(21-14-17-27(33-2)28(19-21)34-3)24(30)15-16-25(32)29-13-8-18-36-29/h4-19,30H,1-3H3/b16-15+/t30-/m1/s1. The maximum absolute atomic E-state index is 13.0. The Labute approximate surface area is 215 Å². The molecular formula is C31H26O4S. The van der Waals surface area contributed by atoms with Gasteiger partial charge < -0.3 is 14.2 Å². The number of carbonyl (C=O) groups excluding carboxylic acids is 1. The van der Waals surface area contributed by atoms with Crippen LogP contribution in [0.4, 0.5) is 0 Å². The Balaban J connectivity index is 1.74. The molecule has 36 heavy (non-hydrogen) atoms. The van der Waals surface area contributed by atoms with Crippen molar-refractivity contribution in [3.8, 4) is 17.2 Å². The minimum atomic E-state index is -0.119. The summed E-state index contributed by atoms with van der Waals surface area (Å²) in [4.78, 5) is 13.7. The molecule has 0 unspecified atom stereocenters. The maximum atomic E-state index is 13.0. The molecule has 0 saturated carbocycles. The molecule has 0 amide bonds. The molecule has 2 heterocycles. The van der Waals surface area contributed by atoms with E-state index in [9.17, 15) is 4.79 Å². The number of hydrogen-bond donors (Lipinski definition) is 0. The Morgan fingerprint density at radius 1 is 0.889 bits per heavy atom. The fraction of sp³-hybridized carbons (Fsp3) is 0.129. The second-order valence-electron chi connectivity index (χ2n) is 8.46. The first-order chi connectivity index (χ1) is 17.6. The van der Waals surface area contributed by atoms with Crippen LogP contribution in [0.15, 0.2) is 102 Å². The zero-order valence-electron chi connectivity index (χ0n) is 20.4. The van der Waals surface area contributed by atoms with Crippen molar-refractivity contribution in [1.29, 1.82) is 0 Å². The van der Waals surface area contributed by atoms with Gasteiger partial charge in [0.05, 0.1) is 19.1 Å². The van der Waals surface area contributed by atoms with Gasteiger partial charge in [-0.15, -0.1) is 11.3 Å². The molecule has 0 radical (unpaired) electrons. The van der Waals surface area contributed by atoms with E-state index in [-0.39, 0.29) is 11.7 Å². The number of rotatable bonds is 7. The number of methoxy groups -OCH3 is 2. The van der Waals surface area contributed by atoms with Crippen molar-refractivity contribution in [3.63, 3.8) is 0 Å². The molecular weight excluding hydrogens is 468 g/mol. The largest absolute Gasteiger partial charge is 0.493 e. The fourth-order valence-corrected chi connectivity index (χ4v) is 5.21. The van der Waals surface area contributed by atoms with Gasteiger partial charge >= 0.3 is 0 Å². The van der Waals surface area contributed by atoms with Crippen LogP contribution in [-0.2, 0) is 0 Å². The molecule has 4 nitrogen and oxygen atoms in total. The number of ether oxygens (including phenoxy) is 3. The van der Waals surface area contributed by atoms with Crippen molar-refractivity contribution in [2.75, 3.05) is 14.2 Å². The smallest absolute Gasteiger partial charge is 0.195 e. The number of fused-ring (bicyclic) bond motifs is 1. The average Bonchev–Trinajstić information content (AvgIpc) is 3.46. The highest BCUT2D eigenvalue weighted by atomic mass is 32.1. The number of carbonyl (C=O) groups is 1. The number of para-hydroxylation sites is 1. The molecule has 0 spiro atoms. The van der Waals surface area contributed by atoms with E-state index in [0.717, 1.165) is 28.0 Å². The van der Waals surface area contributed by atoms with Gasteiger partial charge in [0.25, 0.3) is 0 Å². The van der Waals surface area contributed by atoms with Crippen molar-refractivity contribution in [2.45, 2.75) is 12.8 Å². The molecule has 1 aliphatic rings. The van der Waals surface area contributed by atoms with Gasteiger partial charge in [-0.1, -0.05) is 54.6 Å². The first-order valence-corrected chi connectivity index (χ1v) is 12.5. The number of hydrogen-bond acceptors (Lipinski definition) is 5. The van der Waals surface area contributed by atoms with E-state index in [2.05, 4.69) is 31.2 Å². The average molecular weight is 495 g/mol. The summed E-state index contributed by atoms with van der Waals surface area (Å²) < 4.78 is 17.6. The van der Waals surface area contributed by atoms with E-state index < -0.39 is 0 Å². The van der Waals surface area contributed by atoms with Crippen LogP contribution in [0.2, 0.25) is 0 Å². The van der Waals surface area contributed by atoms with Crippen molar-refractivity contribution in [3.05, 3.63) is 129 Å². The van der Waals surface area contributed by atoms with Crippen LogP contribution in [0.5, 0.6) is 17.2 Å². The lowest BCUT2D eigenvalue weighted by molar-refractivity contribution is 0.105. The predicted molar refractivity (Wildman–Crippen MR) is 144 cm³/mol. The van der Waals surface area contributed by atoms with Gasteiger partial charge in [-0.05, 0) is 59.8 Å². The Bertz CT molecular complexity index is 1460.